The lowest BCUT2D eigenvalue weighted by atomic mass is 10.2. The summed E-state index contributed by atoms with van der Waals surface area (Å²) in [5.41, 5.74) is 0.0572. The Morgan fingerprint density at radius 1 is 1.62 bits per heavy atom. The zero-order valence-corrected chi connectivity index (χ0v) is 9.03. The highest BCUT2D eigenvalue weighted by molar-refractivity contribution is 14.1. The van der Waals surface area contributed by atoms with E-state index in [9.17, 15) is 10.1 Å². The van der Waals surface area contributed by atoms with Crippen LogP contribution in [0.2, 0.25) is 5.02 Å². The monoisotopic (exact) mass is 308 g/mol. The quantitative estimate of drug-likeness (QED) is 0.455. The molecule has 0 saturated heterocycles. The van der Waals surface area contributed by atoms with Gasteiger partial charge in [-0.05, 0) is 22.6 Å². The van der Waals surface area contributed by atoms with Crippen molar-refractivity contribution in [1.29, 1.82) is 5.26 Å². The van der Waals surface area contributed by atoms with Crippen LogP contribution in [0.5, 0.6) is 0 Å². The highest BCUT2D eigenvalue weighted by Gasteiger charge is 2.13. The molecule has 1 aromatic rings. The molecule has 1 aromatic carbocycles. The van der Waals surface area contributed by atoms with E-state index < -0.39 is 4.92 Å². The summed E-state index contributed by atoms with van der Waals surface area (Å²) in [6.45, 7) is 0. The number of hydrogen-bond donors (Lipinski definition) is 0. The zero-order chi connectivity index (χ0) is 10.0. The van der Waals surface area contributed by atoms with Crippen LogP contribution in [0.1, 0.15) is 5.56 Å². The van der Waals surface area contributed by atoms with Gasteiger partial charge in [0.2, 0.25) is 0 Å². The molecule has 0 aliphatic carbocycles. The second-order valence-corrected chi connectivity index (χ2v) is 3.64. The summed E-state index contributed by atoms with van der Waals surface area (Å²) in [5, 5.41) is 19.2. The average molecular weight is 308 g/mol. The first-order valence-corrected chi connectivity index (χ1v) is 4.55. The summed E-state index contributed by atoms with van der Waals surface area (Å²) >= 11 is 7.55. The zero-order valence-electron chi connectivity index (χ0n) is 6.12. The Balaban J connectivity index is 3.41. The molecular formula is C7H2ClIN2O2. The molecule has 13 heavy (non-hydrogen) atoms. The van der Waals surface area contributed by atoms with Crippen LogP contribution in [0, 0.1) is 25.0 Å². The van der Waals surface area contributed by atoms with Crippen LogP contribution in [0.15, 0.2) is 12.1 Å². The third kappa shape index (κ3) is 2.08. The summed E-state index contributed by atoms with van der Waals surface area (Å²) < 4.78 is 0.535. The standard InChI is InChI=1S/C7H2ClIN2O2/c8-6-2-5(11(12)13)1-4(3-10)7(6)9/h1-2H. The van der Waals surface area contributed by atoms with Crippen LogP contribution in [0.25, 0.3) is 0 Å². The SMILES string of the molecule is N#Cc1cc([N+](=O)[O-])cc(Cl)c1I. The second-order valence-electron chi connectivity index (χ2n) is 2.16. The van der Waals surface area contributed by atoms with E-state index in [1.807, 2.05) is 28.7 Å². The lowest BCUT2D eigenvalue weighted by Gasteiger charge is -1.98. The van der Waals surface area contributed by atoms with Crippen LogP contribution >= 0.6 is 34.2 Å². The number of nitro groups is 1. The van der Waals surface area contributed by atoms with Crippen molar-refractivity contribution in [2.75, 3.05) is 0 Å². The Bertz CT molecular complexity index is 414. The largest absolute Gasteiger partial charge is 0.272 e. The fourth-order valence-electron chi connectivity index (χ4n) is 0.762. The predicted octanol–water partition coefficient (Wildman–Crippen LogP) is 2.72. The molecule has 66 valence electrons. The molecule has 0 N–H and O–H groups in total. The number of nitro benzene ring substituents is 1. The van der Waals surface area contributed by atoms with Crippen molar-refractivity contribution in [1.82, 2.24) is 0 Å². The number of nitrogens with zero attached hydrogens (tertiary/aromatic N) is 2. The number of hydrogen-bond acceptors (Lipinski definition) is 3. The van der Waals surface area contributed by atoms with Gasteiger partial charge in [-0.3, -0.25) is 10.1 Å². The minimum absolute atomic E-state index is 0.165. The maximum absolute atomic E-state index is 10.4. The van der Waals surface area contributed by atoms with Crippen LogP contribution in [-0.2, 0) is 0 Å². The van der Waals surface area contributed by atoms with Crippen LogP contribution in [0.4, 0.5) is 5.69 Å². The van der Waals surface area contributed by atoms with Gasteiger partial charge in [0.15, 0.2) is 0 Å². The van der Waals surface area contributed by atoms with Gasteiger partial charge in [0.05, 0.1) is 15.5 Å². The molecule has 0 saturated carbocycles. The molecule has 0 heterocycles. The van der Waals surface area contributed by atoms with Crippen molar-refractivity contribution >= 4 is 39.9 Å². The topological polar surface area (TPSA) is 66.9 Å². The van der Waals surface area contributed by atoms with Crippen molar-refractivity contribution in [3.05, 3.63) is 36.4 Å². The Hall–Kier alpha value is -0.870. The number of non-ortho nitro benzene ring substituents is 1. The van der Waals surface area contributed by atoms with E-state index in [0.29, 0.717) is 3.57 Å². The molecule has 0 aromatic heterocycles. The van der Waals surface area contributed by atoms with Crippen molar-refractivity contribution in [3.8, 4) is 6.07 Å². The summed E-state index contributed by atoms with van der Waals surface area (Å²) in [5.74, 6) is 0. The number of benzene rings is 1. The molecule has 0 spiro atoms. The highest BCUT2D eigenvalue weighted by atomic mass is 127. The molecule has 0 aliphatic rings. The lowest BCUT2D eigenvalue weighted by Crippen LogP contribution is -1.91. The molecule has 0 radical (unpaired) electrons. The van der Waals surface area contributed by atoms with Gasteiger partial charge in [-0.1, -0.05) is 11.6 Å². The van der Waals surface area contributed by atoms with Gasteiger partial charge >= 0.3 is 0 Å². The molecule has 0 fully saturated rings. The Kier molecular flexibility index (Phi) is 3.06. The van der Waals surface area contributed by atoms with E-state index in [1.54, 1.807) is 0 Å². The lowest BCUT2D eigenvalue weighted by molar-refractivity contribution is -0.384. The van der Waals surface area contributed by atoms with Gasteiger partial charge in [-0.25, -0.2) is 0 Å². The van der Waals surface area contributed by atoms with E-state index >= 15 is 0 Å². The third-order valence-electron chi connectivity index (χ3n) is 1.34. The van der Waals surface area contributed by atoms with Gasteiger partial charge in [0.25, 0.3) is 5.69 Å². The first-order valence-electron chi connectivity index (χ1n) is 3.10. The van der Waals surface area contributed by atoms with Crippen LogP contribution in [0.3, 0.4) is 0 Å². The highest BCUT2D eigenvalue weighted by Crippen LogP contribution is 2.27. The summed E-state index contributed by atoms with van der Waals surface area (Å²) in [6.07, 6.45) is 0. The Morgan fingerprint density at radius 3 is 2.69 bits per heavy atom. The molecule has 0 amide bonds. The minimum atomic E-state index is -0.581. The van der Waals surface area contributed by atoms with Gasteiger partial charge in [-0.2, -0.15) is 5.26 Å². The molecule has 4 nitrogen and oxygen atoms in total. The molecule has 0 bridgehead atoms. The van der Waals surface area contributed by atoms with E-state index in [2.05, 4.69) is 0 Å². The normalized spacial score (nSPS) is 9.31. The number of halogens is 2. The van der Waals surface area contributed by atoms with Crippen molar-refractivity contribution in [3.63, 3.8) is 0 Å². The van der Waals surface area contributed by atoms with Crippen LogP contribution in [-0.4, -0.2) is 4.92 Å². The molecule has 0 atom stereocenters. The average Bonchev–Trinajstić information content (AvgIpc) is 2.09. The van der Waals surface area contributed by atoms with Gasteiger partial charge in [0.1, 0.15) is 6.07 Å². The van der Waals surface area contributed by atoms with Crippen molar-refractivity contribution in [2.45, 2.75) is 0 Å². The smallest absolute Gasteiger partial charge is 0.258 e. The fourth-order valence-corrected chi connectivity index (χ4v) is 1.41. The maximum atomic E-state index is 10.4. The predicted molar refractivity (Wildman–Crippen MR) is 55.5 cm³/mol. The van der Waals surface area contributed by atoms with E-state index in [1.165, 1.54) is 12.1 Å². The fraction of sp³-hybridized carbons (Fsp3) is 0. The van der Waals surface area contributed by atoms with E-state index in [4.69, 9.17) is 16.9 Å². The van der Waals surface area contributed by atoms with Gasteiger partial charge in [0, 0.05) is 15.7 Å². The van der Waals surface area contributed by atoms with Gasteiger partial charge in [-0.15, -0.1) is 0 Å². The first-order chi connectivity index (χ1) is 6.06. The van der Waals surface area contributed by atoms with Crippen molar-refractivity contribution < 1.29 is 4.92 Å². The number of nitriles is 1. The molecule has 0 aliphatic heterocycles. The molecular weight excluding hydrogens is 306 g/mol. The Morgan fingerprint density at radius 2 is 2.23 bits per heavy atom. The second kappa shape index (κ2) is 3.89. The first kappa shape index (κ1) is 10.2. The van der Waals surface area contributed by atoms with E-state index in [0.717, 1.165) is 0 Å². The molecule has 1 rings (SSSR count). The Labute approximate surface area is 92.4 Å². The minimum Gasteiger partial charge on any atom is -0.258 e. The summed E-state index contributed by atoms with van der Waals surface area (Å²) in [4.78, 5) is 9.79. The van der Waals surface area contributed by atoms with Gasteiger partial charge < -0.3 is 0 Å². The molecule has 6 heteroatoms. The van der Waals surface area contributed by atoms with E-state index in [-0.39, 0.29) is 16.3 Å². The third-order valence-corrected chi connectivity index (χ3v) is 3.12. The summed E-state index contributed by atoms with van der Waals surface area (Å²) in [6, 6.07) is 4.26. The summed E-state index contributed by atoms with van der Waals surface area (Å²) in [7, 11) is 0. The maximum Gasteiger partial charge on any atom is 0.272 e. The molecule has 0 unspecified atom stereocenters. The van der Waals surface area contributed by atoms with Crippen molar-refractivity contribution in [2.24, 2.45) is 0 Å². The number of rotatable bonds is 1. The van der Waals surface area contributed by atoms with Crippen LogP contribution < -0.4 is 0 Å².